The van der Waals surface area contributed by atoms with E-state index in [1.54, 1.807) is 0 Å². The minimum absolute atomic E-state index is 0.0277. The summed E-state index contributed by atoms with van der Waals surface area (Å²) in [6.45, 7) is -0.602. The van der Waals surface area contributed by atoms with E-state index >= 15 is 0 Å². The van der Waals surface area contributed by atoms with Crippen molar-refractivity contribution in [2.24, 2.45) is 0 Å². The Morgan fingerprint density at radius 3 is 2.49 bits per heavy atom. The Bertz CT molecular complexity index is 1750. The zero-order valence-electron chi connectivity index (χ0n) is 19.2. The van der Waals surface area contributed by atoms with Gasteiger partial charge in [-0.05, 0) is 42.3 Å². The zero-order chi connectivity index (χ0) is 26.2. The number of pyridine rings is 1. The molecule has 3 aromatic heterocycles. The Kier molecular flexibility index (Phi) is 6.12. The van der Waals surface area contributed by atoms with Crippen molar-refractivity contribution in [2.75, 3.05) is 5.32 Å². The number of nitrogens with one attached hydrogen (secondary N) is 2. The second kappa shape index (κ2) is 9.41. The molecule has 37 heavy (non-hydrogen) atoms. The largest absolute Gasteiger partial charge is 0.418 e. The number of halogens is 3. The van der Waals surface area contributed by atoms with Gasteiger partial charge in [0.25, 0.3) is 5.56 Å². The lowest BCUT2D eigenvalue weighted by atomic mass is 10.1. The molecule has 0 saturated heterocycles. The number of aromatic amines is 1. The number of carbonyl (C=O) groups is 1. The van der Waals surface area contributed by atoms with Crippen LogP contribution in [0.2, 0.25) is 0 Å². The number of H-pyrrole nitrogens is 1. The molecule has 11 heteroatoms. The summed E-state index contributed by atoms with van der Waals surface area (Å²) in [6.07, 6.45) is -1.14. The van der Waals surface area contributed by atoms with Crippen LogP contribution in [0, 0.1) is 0 Å². The molecule has 2 N–H and O–H groups in total. The standard InChI is InChI=1S/C26H20F3N5O3/c27-26(28,29)19-8-2-4-10-21(19)32-22(35)15-34-23-18(7-5-12-30-23)24(36)33(25(34)37)13-11-16-14-31-20-9-3-1-6-17(16)20/h1-10,12,14,31H,11,13,15H2,(H,32,35). The van der Waals surface area contributed by atoms with Gasteiger partial charge in [-0.3, -0.25) is 18.7 Å². The minimum Gasteiger partial charge on any atom is -0.361 e. The molecule has 0 aliphatic heterocycles. The smallest absolute Gasteiger partial charge is 0.361 e. The van der Waals surface area contributed by atoms with E-state index in [4.69, 9.17) is 0 Å². The van der Waals surface area contributed by atoms with Crippen LogP contribution in [0.4, 0.5) is 18.9 Å². The zero-order valence-corrected chi connectivity index (χ0v) is 19.2. The Morgan fingerprint density at radius 1 is 0.946 bits per heavy atom. The summed E-state index contributed by atoms with van der Waals surface area (Å²) in [5.41, 5.74) is -0.996. The number of para-hydroxylation sites is 2. The van der Waals surface area contributed by atoms with Crippen molar-refractivity contribution in [3.63, 3.8) is 0 Å². The number of aromatic nitrogens is 4. The lowest BCUT2D eigenvalue weighted by molar-refractivity contribution is -0.137. The molecule has 0 aliphatic rings. The van der Waals surface area contributed by atoms with Gasteiger partial charge >= 0.3 is 11.9 Å². The molecule has 2 aromatic carbocycles. The van der Waals surface area contributed by atoms with Crippen LogP contribution in [0.15, 0.2) is 82.6 Å². The Morgan fingerprint density at radius 2 is 1.68 bits per heavy atom. The number of hydrogen-bond acceptors (Lipinski definition) is 4. The normalized spacial score (nSPS) is 11.8. The molecule has 8 nitrogen and oxygen atoms in total. The highest BCUT2D eigenvalue weighted by molar-refractivity contribution is 5.92. The van der Waals surface area contributed by atoms with E-state index in [-0.39, 0.29) is 17.6 Å². The summed E-state index contributed by atoms with van der Waals surface area (Å²) >= 11 is 0. The molecule has 188 valence electrons. The number of fused-ring (bicyclic) bond motifs is 2. The maximum absolute atomic E-state index is 13.4. The Hall–Kier alpha value is -4.67. The molecule has 0 spiro atoms. The first-order valence-electron chi connectivity index (χ1n) is 11.3. The minimum atomic E-state index is -4.68. The molecule has 0 radical (unpaired) electrons. The first-order chi connectivity index (χ1) is 17.7. The lowest BCUT2D eigenvalue weighted by Crippen LogP contribution is -2.42. The second-order valence-corrected chi connectivity index (χ2v) is 8.40. The fourth-order valence-electron chi connectivity index (χ4n) is 4.33. The average Bonchev–Trinajstić information content (AvgIpc) is 3.29. The number of anilines is 1. The third-order valence-corrected chi connectivity index (χ3v) is 6.07. The topological polar surface area (TPSA) is 102 Å². The quantitative estimate of drug-likeness (QED) is 0.364. The van der Waals surface area contributed by atoms with Crippen LogP contribution < -0.4 is 16.6 Å². The van der Waals surface area contributed by atoms with Gasteiger partial charge in [-0.25, -0.2) is 9.78 Å². The molecule has 0 bridgehead atoms. The van der Waals surface area contributed by atoms with E-state index < -0.39 is 41.1 Å². The van der Waals surface area contributed by atoms with Crippen molar-refractivity contribution < 1.29 is 18.0 Å². The number of amides is 1. The fourth-order valence-corrected chi connectivity index (χ4v) is 4.33. The maximum atomic E-state index is 13.4. The van der Waals surface area contributed by atoms with E-state index in [2.05, 4.69) is 15.3 Å². The summed E-state index contributed by atoms with van der Waals surface area (Å²) in [5, 5.41) is 3.30. The van der Waals surface area contributed by atoms with Crippen LogP contribution in [-0.4, -0.2) is 25.0 Å². The summed E-state index contributed by atoms with van der Waals surface area (Å²) in [5.74, 6) is -0.868. The van der Waals surface area contributed by atoms with Crippen molar-refractivity contribution in [3.8, 4) is 0 Å². The van der Waals surface area contributed by atoms with Gasteiger partial charge < -0.3 is 10.3 Å². The van der Waals surface area contributed by atoms with Crippen molar-refractivity contribution in [3.05, 3.63) is 105 Å². The van der Waals surface area contributed by atoms with Crippen molar-refractivity contribution >= 4 is 33.5 Å². The van der Waals surface area contributed by atoms with Crippen LogP contribution in [0.1, 0.15) is 11.1 Å². The van der Waals surface area contributed by atoms with Crippen LogP contribution in [0.3, 0.4) is 0 Å². The number of rotatable bonds is 6. The molecular weight excluding hydrogens is 487 g/mol. The lowest BCUT2D eigenvalue weighted by Gasteiger charge is -2.15. The number of carbonyl (C=O) groups excluding carboxylic acids is 1. The van der Waals surface area contributed by atoms with Crippen LogP contribution >= 0.6 is 0 Å². The number of alkyl halides is 3. The molecule has 0 unspecified atom stereocenters. The number of hydrogen-bond donors (Lipinski definition) is 2. The number of aryl methyl sites for hydroxylation is 1. The first kappa shape index (κ1) is 24.0. The predicted molar refractivity (Wildman–Crippen MR) is 132 cm³/mol. The van der Waals surface area contributed by atoms with Gasteiger partial charge in [-0.2, -0.15) is 13.2 Å². The third kappa shape index (κ3) is 4.63. The Labute approximate surface area is 207 Å². The van der Waals surface area contributed by atoms with Crippen molar-refractivity contribution in [1.29, 1.82) is 0 Å². The van der Waals surface area contributed by atoms with Crippen LogP contribution in [0.5, 0.6) is 0 Å². The monoisotopic (exact) mass is 507 g/mol. The van der Waals surface area contributed by atoms with E-state index in [0.717, 1.165) is 37.7 Å². The van der Waals surface area contributed by atoms with E-state index in [1.807, 2.05) is 30.5 Å². The average molecular weight is 507 g/mol. The predicted octanol–water partition coefficient (Wildman–Crippen LogP) is 3.94. The third-order valence-electron chi connectivity index (χ3n) is 6.07. The van der Waals surface area contributed by atoms with Gasteiger partial charge in [0.1, 0.15) is 12.2 Å². The fraction of sp³-hybridized carbons (Fsp3) is 0.154. The van der Waals surface area contributed by atoms with Crippen molar-refractivity contribution in [2.45, 2.75) is 25.7 Å². The highest BCUT2D eigenvalue weighted by Crippen LogP contribution is 2.34. The van der Waals surface area contributed by atoms with Crippen molar-refractivity contribution in [1.82, 2.24) is 19.1 Å². The summed E-state index contributed by atoms with van der Waals surface area (Å²) < 4.78 is 42.0. The van der Waals surface area contributed by atoms with E-state index in [9.17, 15) is 27.6 Å². The SMILES string of the molecule is O=C(Cn1c(=O)n(CCc2c[nH]c3ccccc23)c(=O)c2cccnc21)Nc1ccccc1C(F)(F)F. The molecule has 0 fully saturated rings. The van der Waals surface area contributed by atoms with Crippen LogP contribution in [0.25, 0.3) is 21.9 Å². The Balaban J connectivity index is 1.49. The van der Waals surface area contributed by atoms with Gasteiger partial charge in [0, 0.05) is 29.8 Å². The van der Waals surface area contributed by atoms with Crippen LogP contribution in [-0.2, 0) is 30.5 Å². The summed E-state index contributed by atoms with van der Waals surface area (Å²) in [6, 6.07) is 15.2. The second-order valence-electron chi connectivity index (χ2n) is 8.40. The molecule has 5 aromatic rings. The first-order valence-corrected chi connectivity index (χ1v) is 11.3. The van der Waals surface area contributed by atoms with Gasteiger partial charge in [0.05, 0.1) is 16.6 Å². The van der Waals surface area contributed by atoms with Gasteiger partial charge in [0.15, 0.2) is 0 Å². The molecule has 0 atom stereocenters. The molecule has 0 aliphatic carbocycles. The van der Waals surface area contributed by atoms with Gasteiger partial charge in [-0.15, -0.1) is 0 Å². The van der Waals surface area contributed by atoms with E-state index in [0.29, 0.717) is 6.42 Å². The highest BCUT2D eigenvalue weighted by atomic mass is 19.4. The number of nitrogens with zero attached hydrogens (tertiary/aromatic N) is 3. The molecule has 5 rings (SSSR count). The molecule has 0 saturated carbocycles. The summed E-state index contributed by atoms with van der Waals surface area (Å²) in [4.78, 5) is 46.5. The molecule has 1 amide bonds. The van der Waals surface area contributed by atoms with Gasteiger partial charge in [0.2, 0.25) is 5.91 Å². The van der Waals surface area contributed by atoms with Gasteiger partial charge in [-0.1, -0.05) is 30.3 Å². The molecular formula is C26H20F3N5O3. The molecule has 3 heterocycles. The maximum Gasteiger partial charge on any atom is 0.418 e. The number of benzene rings is 2. The highest BCUT2D eigenvalue weighted by Gasteiger charge is 2.33. The summed E-state index contributed by atoms with van der Waals surface area (Å²) in [7, 11) is 0. The van der Waals surface area contributed by atoms with E-state index in [1.165, 1.54) is 30.5 Å².